The highest BCUT2D eigenvalue weighted by Crippen LogP contribution is 2.18. The van der Waals surface area contributed by atoms with Crippen LogP contribution >= 0.6 is 0 Å². The van der Waals surface area contributed by atoms with Crippen molar-refractivity contribution in [2.45, 2.75) is 13.0 Å². The van der Waals surface area contributed by atoms with Crippen LogP contribution in [0.15, 0.2) is 53.5 Å². The minimum Gasteiger partial charge on any atom is -0.497 e. The number of hydrogen-bond donors (Lipinski definition) is 2. The Labute approximate surface area is 184 Å². The van der Waals surface area contributed by atoms with Crippen molar-refractivity contribution in [1.29, 1.82) is 0 Å². The summed E-state index contributed by atoms with van der Waals surface area (Å²) in [6, 6.07) is 15.3. The first kappa shape index (κ1) is 24.0. The van der Waals surface area contributed by atoms with Crippen molar-refractivity contribution < 1.29 is 19.0 Å². The number of carbonyl (C=O) groups excluding carboxylic acids is 1. The molecule has 0 fully saturated rings. The molecule has 0 aliphatic carbocycles. The number of likely N-dealkylation sites (N-methyl/N-ethyl adjacent to an activating group) is 1. The molecule has 0 saturated carbocycles. The summed E-state index contributed by atoms with van der Waals surface area (Å²) >= 11 is 0. The molecule has 2 N–H and O–H groups in total. The first-order valence-electron chi connectivity index (χ1n) is 10.1. The van der Waals surface area contributed by atoms with Gasteiger partial charge in [-0.2, -0.15) is 0 Å². The van der Waals surface area contributed by atoms with Crippen LogP contribution in [0.5, 0.6) is 11.5 Å². The van der Waals surface area contributed by atoms with Gasteiger partial charge in [-0.15, -0.1) is 0 Å². The van der Waals surface area contributed by atoms with E-state index in [4.69, 9.17) is 14.2 Å². The summed E-state index contributed by atoms with van der Waals surface area (Å²) in [5, 5.41) is 6.33. The highest BCUT2D eigenvalue weighted by molar-refractivity contribution is 5.96. The summed E-state index contributed by atoms with van der Waals surface area (Å²) in [4.78, 5) is 18.2. The molecule has 31 heavy (non-hydrogen) atoms. The minimum atomic E-state index is -0.0471. The van der Waals surface area contributed by atoms with Gasteiger partial charge in [-0.05, 0) is 29.8 Å². The van der Waals surface area contributed by atoms with E-state index in [0.29, 0.717) is 25.7 Å². The Hall–Kier alpha value is -3.26. The second kappa shape index (κ2) is 13.1. The molecule has 0 saturated heterocycles. The van der Waals surface area contributed by atoms with E-state index in [0.717, 1.165) is 29.2 Å². The third kappa shape index (κ3) is 8.96. The van der Waals surface area contributed by atoms with E-state index in [2.05, 4.69) is 15.6 Å². The summed E-state index contributed by atoms with van der Waals surface area (Å²) in [6.07, 6.45) is 0.816. The molecular formula is C23H32N4O4. The first-order chi connectivity index (χ1) is 15.0. The van der Waals surface area contributed by atoms with Crippen LogP contribution in [0.3, 0.4) is 0 Å². The summed E-state index contributed by atoms with van der Waals surface area (Å²) in [5.74, 6) is 2.00. The Morgan fingerprint density at radius 1 is 1.03 bits per heavy atom. The molecule has 0 bridgehead atoms. The molecule has 1 amide bonds. The van der Waals surface area contributed by atoms with E-state index in [1.54, 1.807) is 28.3 Å². The molecule has 0 aliphatic heterocycles. The maximum absolute atomic E-state index is 12.0. The largest absolute Gasteiger partial charge is 0.497 e. The van der Waals surface area contributed by atoms with Crippen LogP contribution in [0, 0.1) is 0 Å². The van der Waals surface area contributed by atoms with Crippen molar-refractivity contribution in [3.8, 4) is 11.5 Å². The van der Waals surface area contributed by atoms with E-state index >= 15 is 0 Å². The standard InChI is InChI=1S/C23H32N4O4/c1-27(2)22(28)17-25-23(24-16-18-9-11-20(30-4)12-10-18)26-19-7-5-8-21(15-19)31-14-6-13-29-3/h5,7-12,15H,6,13-14,16-17H2,1-4H3,(H2,24,25,26). The SMILES string of the molecule is COCCCOc1cccc(NC(=NCc2ccc(OC)cc2)NCC(=O)N(C)C)c1. The van der Waals surface area contributed by atoms with Gasteiger partial charge in [0.15, 0.2) is 5.96 Å². The highest BCUT2D eigenvalue weighted by atomic mass is 16.5. The zero-order valence-electron chi connectivity index (χ0n) is 18.7. The van der Waals surface area contributed by atoms with Crippen LogP contribution in [0.1, 0.15) is 12.0 Å². The van der Waals surface area contributed by atoms with E-state index in [9.17, 15) is 4.79 Å². The van der Waals surface area contributed by atoms with Crippen LogP contribution in [-0.4, -0.2) is 64.8 Å². The van der Waals surface area contributed by atoms with Gasteiger partial charge in [-0.3, -0.25) is 4.79 Å². The van der Waals surface area contributed by atoms with Gasteiger partial charge >= 0.3 is 0 Å². The number of carbonyl (C=O) groups is 1. The van der Waals surface area contributed by atoms with Gasteiger partial charge in [0, 0.05) is 46.0 Å². The fourth-order valence-corrected chi connectivity index (χ4v) is 2.55. The lowest BCUT2D eigenvalue weighted by atomic mass is 10.2. The van der Waals surface area contributed by atoms with Crippen molar-refractivity contribution >= 4 is 17.6 Å². The number of nitrogens with one attached hydrogen (secondary N) is 2. The molecular weight excluding hydrogens is 396 g/mol. The number of guanidine groups is 1. The Kier molecular flexibility index (Phi) is 10.2. The number of benzene rings is 2. The number of hydrogen-bond acceptors (Lipinski definition) is 5. The van der Waals surface area contributed by atoms with Crippen LogP contribution in [0.4, 0.5) is 5.69 Å². The zero-order valence-corrected chi connectivity index (χ0v) is 18.7. The number of aliphatic imine (C=N–C) groups is 1. The van der Waals surface area contributed by atoms with Gasteiger partial charge in [0.2, 0.25) is 5.91 Å². The quantitative estimate of drug-likeness (QED) is 0.325. The Morgan fingerprint density at radius 3 is 2.48 bits per heavy atom. The van der Waals surface area contributed by atoms with Crippen molar-refractivity contribution in [2.24, 2.45) is 4.99 Å². The van der Waals surface area contributed by atoms with Crippen LogP contribution in [0.25, 0.3) is 0 Å². The molecule has 0 spiro atoms. The molecule has 2 aromatic carbocycles. The minimum absolute atomic E-state index is 0.0471. The van der Waals surface area contributed by atoms with Crippen LogP contribution in [0.2, 0.25) is 0 Å². The fourth-order valence-electron chi connectivity index (χ4n) is 2.55. The number of methoxy groups -OCH3 is 2. The highest BCUT2D eigenvalue weighted by Gasteiger charge is 2.07. The topological polar surface area (TPSA) is 84.4 Å². The molecule has 8 nitrogen and oxygen atoms in total. The lowest BCUT2D eigenvalue weighted by molar-refractivity contribution is -0.127. The van der Waals surface area contributed by atoms with Gasteiger partial charge in [0.05, 0.1) is 26.8 Å². The van der Waals surface area contributed by atoms with E-state index < -0.39 is 0 Å². The van der Waals surface area contributed by atoms with Crippen molar-refractivity contribution in [3.63, 3.8) is 0 Å². The monoisotopic (exact) mass is 428 g/mol. The van der Waals surface area contributed by atoms with E-state index in [1.807, 2.05) is 48.5 Å². The zero-order chi connectivity index (χ0) is 22.5. The molecule has 0 aliphatic rings. The molecule has 0 aromatic heterocycles. The molecule has 0 atom stereocenters. The number of ether oxygens (including phenoxy) is 3. The summed E-state index contributed by atoms with van der Waals surface area (Å²) in [7, 11) is 6.74. The maximum atomic E-state index is 12.0. The lowest BCUT2D eigenvalue weighted by Crippen LogP contribution is -2.39. The van der Waals surface area contributed by atoms with E-state index in [-0.39, 0.29) is 12.5 Å². The summed E-state index contributed by atoms with van der Waals surface area (Å²) in [5.41, 5.74) is 1.83. The lowest BCUT2D eigenvalue weighted by Gasteiger charge is -2.16. The third-order valence-electron chi connectivity index (χ3n) is 4.34. The first-order valence-corrected chi connectivity index (χ1v) is 10.1. The molecule has 2 aromatic rings. The Morgan fingerprint density at radius 2 is 1.81 bits per heavy atom. The van der Waals surface area contributed by atoms with Gasteiger partial charge in [-0.25, -0.2) is 4.99 Å². The molecule has 168 valence electrons. The van der Waals surface area contributed by atoms with Crippen molar-refractivity contribution in [1.82, 2.24) is 10.2 Å². The average molecular weight is 429 g/mol. The Balaban J connectivity index is 2.07. The molecule has 0 heterocycles. The normalized spacial score (nSPS) is 11.0. The predicted octanol–water partition coefficient (Wildman–Crippen LogP) is 2.76. The van der Waals surface area contributed by atoms with E-state index in [1.165, 1.54) is 4.90 Å². The van der Waals surface area contributed by atoms with Crippen LogP contribution < -0.4 is 20.1 Å². The van der Waals surface area contributed by atoms with Gasteiger partial charge < -0.3 is 29.7 Å². The van der Waals surface area contributed by atoms with Gasteiger partial charge in [0.1, 0.15) is 11.5 Å². The number of anilines is 1. The molecule has 0 radical (unpaired) electrons. The van der Waals surface area contributed by atoms with Crippen LogP contribution in [-0.2, 0) is 16.1 Å². The average Bonchev–Trinajstić information content (AvgIpc) is 2.78. The third-order valence-corrected chi connectivity index (χ3v) is 4.34. The molecule has 0 unspecified atom stereocenters. The fraction of sp³-hybridized carbons (Fsp3) is 0.391. The van der Waals surface area contributed by atoms with Crippen molar-refractivity contribution in [2.75, 3.05) is 53.4 Å². The Bertz CT molecular complexity index is 838. The molecule has 2 rings (SSSR count). The predicted molar refractivity (Wildman–Crippen MR) is 123 cm³/mol. The number of amides is 1. The van der Waals surface area contributed by atoms with Gasteiger partial charge in [0.25, 0.3) is 0 Å². The van der Waals surface area contributed by atoms with Crippen molar-refractivity contribution in [3.05, 3.63) is 54.1 Å². The maximum Gasteiger partial charge on any atom is 0.241 e. The second-order valence-corrected chi connectivity index (χ2v) is 7.00. The smallest absolute Gasteiger partial charge is 0.241 e. The molecule has 8 heteroatoms. The second-order valence-electron chi connectivity index (χ2n) is 7.00. The number of rotatable bonds is 11. The number of nitrogens with zero attached hydrogens (tertiary/aromatic N) is 2. The summed E-state index contributed by atoms with van der Waals surface area (Å²) < 4.78 is 16.0. The van der Waals surface area contributed by atoms with Gasteiger partial charge in [-0.1, -0.05) is 18.2 Å². The summed E-state index contributed by atoms with van der Waals surface area (Å²) in [6.45, 7) is 1.81.